The van der Waals surface area contributed by atoms with Gasteiger partial charge in [0, 0.05) is 31.8 Å². The molecule has 1 N–H and O–H groups in total. The highest BCUT2D eigenvalue weighted by molar-refractivity contribution is 7.12. The van der Waals surface area contributed by atoms with Gasteiger partial charge in [-0.3, -0.25) is 9.59 Å². The minimum atomic E-state index is -0.0905. The summed E-state index contributed by atoms with van der Waals surface area (Å²) in [5, 5.41) is 4.89. The van der Waals surface area contributed by atoms with Crippen LogP contribution in [-0.4, -0.2) is 30.8 Å². The second kappa shape index (κ2) is 7.97. The molecular weight excluding hydrogens is 344 g/mol. The molecular formula is C21H20N2O2S. The lowest BCUT2D eigenvalue weighted by molar-refractivity contribution is 0.0827. The Labute approximate surface area is 157 Å². The molecule has 0 unspecified atom stereocenters. The number of hydrogen-bond acceptors (Lipinski definition) is 3. The summed E-state index contributed by atoms with van der Waals surface area (Å²) in [4.78, 5) is 26.7. The van der Waals surface area contributed by atoms with Crippen molar-refractivity contribution >= 4 is 23.2 Å². The molecule has 132 valence electrons. The van der Waals surface area contributed by atoms with Gasteiger partial charge < -0.3 is 10.2 Å². The maximum atomic E-state index is 12.6. The van der Waals surface area contributed by atoms with Gasteiger partial charge in [0.2, 0.25) is 0 Å². The van der Waals surface area contributed by atoms with Gasteiger partial charge in [-0.2, -0.15) is 0 Å². The molecule has 0 saturated carbocycles. The zero-order valence-corrected chi connectivity index (χ0v) is 15.5. The van der Waals surface area contributed by atoms with E-state index in [0.29, 0.717) is 17.0 Å². The molecule has 5 heteroatoms. The molecule has 0 fully saturated rings. The largest absolute Gasteiger partial charge is 0.347 e. The number of benzene rings is 2. The number of amides is 2. The van der Waals surface area contributed by atoms with Gasteiger partial charge in [-0.25, -0.2) is 0 Å². The summed E-state index contributed by atoms with van der Waals surface area (Å²) >= 11 is 1.43. The maximum absolute atomic E-state index is 12.6. The topological polar surface area (TPSA) is 49.4 Å². The summed E-state index contributed by atoms with van der Waals surface area (Å²) in [6.07, 6.45) is 0. The van der Waals surface area contributed by atoms with Gasteiger partial charge in [0.05, 0.1) is 4.88 Å². The lowest BCUT2D eigenvalue weighted by atomic mass is 10.1. The third kappa shape index (κ3) is 4.00. The smallest absolute Gasteiger partial charge is 0.262 e. The fraction of sp³-hybridized carbons (Fsp3) is 0.143. The van der Waals surface area contributed by atoms with Crippen LogP contribution in [0.3, 0.4) is 0 Å². The first-order valence-corrected chi connectivity index (χ1v) is 9.16. The van der Waals surface area contributed by atoms with Crippen LogP contribution in [0, 0.1) is 0 Å². The van der Waals surface area contributed by atoms with E-state index in [1.807, 2.05) is 53.9 Å². The number of nitrogens with one attached hydrogen (secondary N) is 1. The Kier molecular flexibility index (Phi) is 5.49. The van der Waals surface area contributed by atoms with Crippen molar-refractivity contribution in [2.24, 2.45) is 0 Å². The second-order valence-electron chi connectivity index (χ2n) is 6.11. The van der Waals surface area contributed by atoms with Gasteiger partial charge >= 0.3 is 0 Å². The number of thiophene rings is 1. The summed E-state index contributed by atoms with van der Waals surface area (Å²) in [6.45, 7) is 0.418. The Balaban J connectivity index is 1.67. The molecule has 0 bridgehead atoms. The Morgan fingerprint density at radius 2 is 1.65 bits per heavy atom. The van der Waals surface area contributed by atoms with Gasteiger partial charge in [-0.1, -0.05) is 42.5 Å². The number of carbonyl (C=O) groups is 2. The molecule has 0 spiro atoms. The van der Waals surface area contributed by atoms with E-state index < -0.39 is 0 Å². The minimum absolute atomic E-state index is 0.0355. The quantitative estimate of drug-likeness (QED) is 0.743. The molecule has 4 nitrogen and oxygen atoms in total. The zero-order valence-electron chi connectivity index (χ0n) is 14.7. The Bertz CT molecular complexity index is 899. The lowest BCUT2D eigenvalue weighted by Crippen LogP contribution is -2.23. The van der Waals surface area contributed by atoms with Gasteiger partial charge in [-0.05, 0) is 34.7 Å². The average molecular weight is 364 g/mol. The van der Waals surface area contributed by atoms with Crippen molar-refractivity contribution in [1.29, 1.82) is 0 Å². The van der Waals surface area contributed by atoms with Crippen molar-refractivity contribution < 1.29 is 9.59 Å². The van der Waals surface area contributed by atoms with E-state index in [9.17, 15) is 9.59 Å². The van der Waals surface area contributed by atoms with Crippen LogP contribution >= 0.6 is 11.3 Å². The normalized spacial score (nSPS) is 10.4. The van der Waals surface area contributed by atoms with Crippen LogP contribution in [0.5, 0.6) is 0 Å². The van der Waals surface area contributed by atoms with E-state index >= 15 is 0 Å². The molecule has 26 heavy (non-hydrogen) atoms. The maximum Gasteiger partial charge on any atom is 0.262 e. The third-order valence-electron chi connectivity index (χ3n) is 4.02. The predicted octanol–water partition coefficient (Wildman–Crippen LogP) is 4.05. The van der Waals surface area contributed by atoms with Crippen LogP contribution in [0.4, 0.5) is 0 Å². The molecule has 1 aromatic heterocycles. The van der Waals surface area contributed by atoms with Crippen molar-refractivity contribution in [2.75, 3.05) is 14.1 Å². The van der Waals surface area contributed by atoms with Crippen molar-refractivity contribution in [1.82, 2.24) is 10.2 Å². The third-order valence-corrected chi connectivity index (χ3v) is 4.93. The molecule has 3 rings (SSSR count). The first-order chi connectivity index (χ1) is 12.6. The van der Waals surface area contributed by atoms with E-state index in [-0.39, 0.29) is 11.8 Å². The minimum Gasteiger partial charge on any atom is -0.347 e. The second-order valence-corrected chi connectivity index (χ2v) is 7.02. The van der Waals surface area contributed by atoms with Crippen LogP contribution in [0.25, 0.3) is 11.1 Å². The average Bonchev–Trinajstić information content (AvgIpc) is 3.16. The zero-order chi connectivity index (χ0) is 18.5. The fourth-order valence-electron chi connectivity index (χ4n) is 2.62. The standard InChI is InChI=1S/C21H20N2O2S/c1-23(2)21(25)17-10-8-15(9-11-17)14-22-20(24)19-18(12-13-26-19)16-6-4-3-5-7-16/h3-13H,14H2,1-2H3,(H,22,24). The first kappa shape index (κ1) is 17.9. The summed E-state index contributed by atoms with van der Waals surface area (Å²) in [5.74, 6) is -0.126. The Hall–Kier alpha value is -2.92. The van der Waals surface area contributed by atoms with E-state index in [2.05, 4.69) is 5.32 Å². The lowest BCUT2D eigenvalue weighted by Gasteiger charge is -2.11. The molecule has 0 aliphatic rings. The van der Waals surface area contributed by atoms with Gasteiger partial charge in [0.15, 0.2) is 0 Å². The summed E-state index contributed by atoms with van der Waals surface area (Å²) in [7, 11) is 3.45. The van der Waals surface area contributed by atoms with Gasteiger partial charge in [0.1, 0.15) is 0 Å². The van der Waals surface area contributed by atoms with E-state index in [1.165, 1.54) is 11.3 Å². The molecule has 3 aromatic rings. The van der Waals surface area contributed by atoms with Crippen LogP contribution in [0.2, 0.25) is 0 Å². The van der Waals surface area contributed by atoms with Crippen LogP contribution < -0.4 is 5.32 Å². The number of carbonyl (C=O) groups excluding carboxylic acids is 2. The predicted molar refractivity (Wildman–Crippen MR) is 105 cm³/mol. The number of rotatable bonds is 5. The Morgan fingerprint density at radius 3 is 2.31 bits per heavy atom. The summed E-state index contributed by atoms with van der Waals surface area (Å²) in [6, 6.07) is 19.1. The van der Waals surface area contributed by atoms with Crippen LogP contribution in [-0.2, 0) is 6.54 Å². The van der Waals surface area contributed by atoms with Crippen molar-refractivity contribution in [3.05, 3.63) is 82.0 Å². The van der Waals surface area contributed by atoms with Gasteiger partial charge in [-0.15, -0.1) is 11.3 Å². The van der Waals surface area contributed by atoms with E-state index in [4.69, 9.17) is 0 Å². The van der Waals surface area contributed by atoms with Crippen molar-refractivity contribution in [3.63, 3.8) is 0 Å². The molecule has 0 radical (unpaired) electrons. The highest BCUT2D eigenvalue weighted by Crippen LogP contribution is 2.28. The number of hydrogen-bond donors (Lipinski definition) is 1. The monoisotopic (exact) mass is 364 g/mol. The Morgan fingerprint density at radius 1 is 0.962 bits per heavy atom. The molecule has 1 heterocycles. The van der Waals surface area contributed by atoms with Crippen molar-refractivity contribution in [3.8, 4) is 11.1 Å². The van der Waals surface area contributed by atoms with Crippen LogP contribution in [0.1, 0.15) is 25.6 Å². The molecule has 0 atom stereocenters. The highest BCUT2D eigenvalue weighted by Gasteiger charge is 2.14. The highest BCUT2D eigenvalue weighted by atomic mass is 32.1. The molecule has 0 saturated heterocycles. The molecule has 0 aliphatic carbocycles. The van der Waals surface area contributed by atoms with E-state index in [0.717, 1.165) is 16.7 Å². The molecule has 2 aromatic carbocycles. The fourth-order valence-corrected chi connectivity index (χ4v) is 3.45. The molecule has 2 amide bonds. The van der Waals surface area contributed by atoms with Crippen LogP contribution in [0.15, 0.2) is 66.0 Å². The van der Waals surface area contributed by atoms with E-state index in [1.54, 1.807) is 31.1 Å². The summed E-state index contributed by atoms with van der Waals surface area (Å²) in [5.41, 5.74) is 3.56. The molecule has 0 aliphatic heterocycles. The van der Waals surface area contributed by atoms with Crippen molar-refractivity contribution in [2.45, 2.75) is 6.54 Å². The van der Waals surface area contributed by atoms with Gasteiger partial charge in [0.25, 0.3) is 11.8 Å². The first-order valence-electron chi connectivity index (χ1n) is 8.28. The summed E-state index contributed by atoms with van der Waals surface area (Å²) < 4.78 is 0. The number of nitrogens with zero attached hydrogens (tertiary/aromatic N) is 1. The SMILES string of the molecule is CN(C)C(=O)c1ccc(CNC(=O)c2sccc2-c2ccccc2)cc1.